The second-order valence-electron chi connectivity index (χ2n) is 5.90. The molecule has 1 amide bonds. The lowest BCUT2D eigenvalue weighted by atomic mass is 10.2. The first-order chi connectivity index (χ1) is 13.6. The number of nitrogens with zero attached hydrogens (tertiary/aromatic N) is 2. The average Bonchev–Trinajstić information content (AvgIpc) is 2.64. The molecule has 0 saturated carbocycles. The van der Waals surface area contributed by atoms with Crippen LogP contribution >= 0.6 is 23.2 Å². The second-order valence-corrected chi connectivity index (χ2v) is 6.72. The molecule has 2 aromatic heterocycles. The molecule has 1 N–H and O–H groups in total. The van der Waals surface area contributed by atoms with E-state index in [0.29, 0.717) is 23.2 Å². The van der Waals surface area contributed by atoms with Gasteiger partial charge in [0.2, 0.25) is 5.88 Å². The Kier molecular flexibility index (Phi) is 5.95. The summed E-state index contributed by atoms with van der Waals surface area (Å²) in [6, 6.07) is 6.95. The number of amides is 1. The van der Waals surface area contributed by atoms with Crippen molar-refractivity contribution in [3.63, 3.8) is 0 Å². The van der Waals surface area contributed by atoms with Crippen LogP contribution in [0.2, 0.25) is 10.0 Å². The van der Waals surface area contributed by atoms with Crippen LogP contribution in [-0.2, 0) is 6.18 Å². The zero-order valence-corrected chi connectivity index (χ0v) is 16.2. The third kappa shape index (κ3) is 4.96. The van der Waals surface area contributed by atoms with Crippen molar-refractivity contribution in [2.45, 2.75) is 13.1 Å². The Labute approximate surface area is 173 Å². The summed E-state index contributed by atoms with van der Waals surface area (Å²) in [4.78, 5) is 19.8. The maximum Gasteiger partial charge on any atom is 0.417 e. The fourth-order valence-electron chi connectivity index (χ4n) is 2.34. The SMILES string of the molecule is Cc1cc(NC(=O)c2cnccc2Cl)ccc1Oc1ncc(C(F)(F)F)cc1Cl. The molecule has 150 valence electrons. The maximum atomic E-state index is 12.7. The van der Waals surface area contributed by atoms with E-state index in [4.69, 9.17) is 27.9 Å². The molecule has 29 heavy (non-hydrogen) atoms. The van der Waals surface area contributed by atoms with Crippen LogP contribution in [0.3, 0.4) is 0 Å². The van der Waals surface area contributed by atoms with Crippen LogP contribution in [0.1, 0.15) is 21.5 Å². The Balaban J connectivity index is 1.76. The predicted octanol–water partition coefficient (Wildman–Crippen LogP) is 6.16. The van der Waals surface area contributed by atoms with Crippen LogP contribution in [0.4, 0.5) is 18.9 Å². The van der Waals surface area contributed by atoms with Crippen molar-refractivity contribution in [3.05, 3.63) is 75.7 Å². The van der Waals surface area contributed by atoms with Crippen molar-refractivity contribution >= 4 is 34.8 Å². The average molecular weight is 442 g/mol. The van der Waals surface area contributed by atoms with E-state index in [-0.39, 0.29) is 21.5 Å². The Morgan fingerprint density at radius 3 is 2.48 bits per heavy atom. The summed E-state index contributed by atoms with van der Waals surface area (Å²) in [7, 11) is 0. The number of nitrogens with one attached hydrogen (secondary N) is 1. The van der Waals surface area contributed by atoms with Gasteiger partial charge >= 0.3 is 6.18 Å². The molecule has 10 heteroatoms. The van der Waals surface area contributed by atoms with E-state index in [2.05, 4.69) is 15.3 Å². The van der Waals surface area contributed by atoms with Gasteiger partial charge in [0.05, 0.1) is 16.1 Å². The molecular formula is C19H12Cl2F3N3O2. The molecule has 0 unspecified atom stereocenters. The lowest BCUT2D eigenvalue weighted by Gasteiger charge is -2.13. The summed E-state index contributed by atoms with van der Waals surface area (Å²) in [6.45, 7) is 1.69. The number of alkyl halides is 3. The standard InChI is InChI=1S/C19H12Cl2F3N3O2/c1-10-6-12(27-17(28)13-9-25-5-4-14(13)20)2-3-16(10)29-18-15(21)7-11(8-26-18)19(22,23)24/h2-9H,1H3,(H,27,28). The van der Waals surface area contributed by atoms with E-state index in [9.17, 15) is 18.0 Å². The summed E-state index contributed by atoms with van der Waals surface area (Å²) in [5.74, 6) is -0.290. The molecule has 2 heterocycles. The van der Waals surface area contributed by atoms with Crippen LogP contribution in [-0.4, -0.2) is 15.9 Å². The smallest absolute Gasteiger partial charge is 0.417 e. The van der Waals surface area contributed by atoms with E-state index in [1.807, 2.05) is 0 Å². The molecular weight excluding hydrogens is 430 g/mol. The number of ether oxygens (including phenoxy) is 1. The van der Waals surface area contributed by atoms with Gasteiger partial charge in [-0.05, 0) is 42.8 Å². The normalized spacial score (nSPS) is 11.2. The minimum atomic E-state index is -4.55. The number of rotatable bonds is 4. The van der Waals surface area contributed by atoms with Crippen LogP contribution in [0.15, 0.2) is 48.9 Å². The highest BCUT2D eigenvalue weighted by molar-refractivity contribution is 6.34. The van der Waals surface area contributed by atoms with E-state index in [1.54, 1.807) is 19.1 Å². The van der Waals surface area contributed by atoms with Gasteiger partial charge in [-0.3, -0.25) is 9.78 Å². The highest BCUT2D eigenvalue weighted by atomic mass is 35.5. The quantitative estimate of drug-likeness (QED) is 0.526. The molecule has 0 fully saturated rings. The summed E-state index contributed by atoms with van der Waals surface area (Å²) >= 11 is 11.8. The van der Waals surface area contributed by atoms with Gasteiger partial charge in [-0.25, -0.2) is 4.98 Å². The predicted molar refractivity (Wildman–Crippen MR) is 103 cm³/mol. The van der Waals surface area contributed by atoms with Crippen molar-refractivity contribution in [3.8, 4) is 11.6 Å². The number of carbonyl (C=O) groups excluding carboxylic acids is 1. The van der Waals surface area contributed by atoms with Crippen LogP contribution < -0.4 is 10.1 Å². The molecule has 0 radical (unpaired) electrons. The Hall–Kier alpha value is -2.84. The Morgan fingerprint density at radius 2 is 1.86 bits per heavy atom. The summed E-state index contributed by atoms with van der Waals surface area (Å²) in [5.41, 5.74) is 0.302. The monoisotopic (exact) mass is 441 g/mol. The zero-order chi connectivity index (χ0) is 21.2. The van der Waals surface area contributed by atoms with Crippen molar-refractivity contribution in [1.82, 2.24) is 9.97 Å². The Morgan fingerprint density at radius 1 is 1.10 bits per heavy atom. The number of aromatic nitrogens is 2. The molecule has 0 aliphatic carbocycles. The molecule has 0 atom stereocenters. The number of hydrogen-bond donors (Lipinski definition) is 1. The van der Waals surface area contributed by atoms with Gasteiger partial charge < -0.3 is 10.1 Å². The molecule has 0 aliphatic heterocycles. The van der Waals surface area contributed by atoms with Crippen molar-refractivity contribution in [1.29, 1.82) is 0 Å². The van der Waals surface area contributed by atoms with Crippen LogP contribution in [0.5, 0.6) is 11.6 Å². The number of benzene rings is 1. The number of hydrogen-bond acceptors (Lipinski definition) is 4. The zero-order valence-electron chi connectivity index (χ0n) is 14.7. The van der Waals surface area contributed by atoms with E-state index in [1.165, 1.54) is 24.5 Å². The number of carbonyl (C=O) groups is 1. The van der Waals surface area contributed by atoms with Gasteiger partial charge in [0.25, 0.3) is 5.91 Å². The topological polar surface area (TPSA) is 64.1 Å². The summed E-state index contributed by atoms with van der Waals surface area (Å²) in [6.07, 6.45) is -1.10. The number of pyridine rings is 2. The van der Waals surface area contributed by atoms with Gasteiger partial charge in [-0.2, -0.15) is 13.2 Å². The first-order valence-corrected chi connectivity index (χ1v) is 8.83. The number of anilines is 1. The number of aryl methyl sites for hydroxylation is 1. The third-order valence-corrected chi connectivity index (χ3v) is 4.39. The van der Waals surface area contributed by atoms with E-state index < -0.39 is 17.6 Å². The molecule has 5 nitrogen and oxygen atoms in total. The molecule has 0 saturated heterocycles. The molecule has 3 aromatic rings. The summed E-state index contributed by atoms with van der Waals surface area (Å²) < 4.78 is 43.6. The fraction of sp³-hybridized carbons (Fsp3) is 0.105. The largest absolute Gasteiger partial charge is 0.437 e. The van der Waals surface area contributed by atoms with Gasteiger partial charge in [0.1, 0.15) is 10.8 Å². The van der Waals surface area contributed by atoms with Gasteiger partial charge in [-0.1, -0.05) is 23.2 Å². The molecule has 0 spiro atoms. The minimum absolute atomic E-state index is 0.165. The maximum absolute atomic E-state index is 12.7. The molecule has 1 aromatic carbocycles. The third-order valence-electron chi connectivity index (χ3n) is 3.79. The first-order valence-electron chi connectivity index (χ1n) is 8.07. The second kappa shape index (κ2) is 8.26. The van der Waals surface area contributed by atoms with Crippen molar-refractivity contribution < 1.29 is 22.7 Å². The molecule has 0 bridgehead atoms. The fourth-order valence-corrected chi connectivity index (χ4v) is 2.74. The first kappa shape index (κ1) is 20.9. The van der Waals surface area contributed by atoms with Gasteiger partial charge in [0, 0.05) is 24.3 Å². The minimum Gasteiger partial charge on any atom is -0.437 e. The van der Waals surface area contributed by atoms with Crippen molar-refractivity contribution in [2.24, 2.45) is 0 Å². The highest BCUT2D eigenvalue weighted by Crippen LogP contribution is 2.35. The Bertz CT molecular complexity index is 1070. The lowest BCUT2D eigenvalue weighted by molar-refractivity contribution is -0.137. The summed E-state index contributed by atoms with van der Waals surface area (Å²) in [5, 5.41) is 2.67. The van der Waals surface area contributed by atoms with Gasteiger partial charge in [-0.15, -0.1) is 0 Å². The van der Waals surface area contributed by atoms with E-state index in [0.717, 1.165) is 6.07 Å². The highest BCUT2D eigenvalue weighted by Gasteiger charge is 2.31. The lowest BCUT2D eigenvalue weighted by Crippen LogP contribution is -2.12. The van der Waals surface area contributed by atoms with Crippen LogP contribution in [0, 0.1) is 6.92 Å². The van der Waals surface area contributed by atoms with Crippen LogP contribution in [0.25, 0.3) is 0 Å². The number of halogens is 5. The van der Waals surface area contributed by atoms with Gasteiger partial charge in [0.15, 0.2) is 0 Å². The molecule has 3 rings (SSSR count). The molecule has 0 aliphatic rings. The van der Waals surface area contributed by atoms with E-state index >= 15 is 0 Å². The van der Waals surface area contributed by atoms with Crippen molar-refractivity contribution in [2.75, 3.05) is 5.32 Å².